The molecule has 0 aliphatic heterocycles. The number of nitrogens with one attached hydrogen (secondary N) is 1. The minimum Gasteiger partial charge on any atom is -0.395 e. The number of rotatable bonds is 8. The Hall–Kier alpha value is -0.260. The van der Waals surface area contributed by atoms with Crippen LogP contribution >= 0.6 is 0 Å². The summed E-state index contributed by atoms with van der Waals surface area (Å²) >= 11 is 0. The number of alkyl halides is 2. The van der Waals surface area contributed by atoms with Crippen LogP contribution in [0.15, 0.2) is 0 Å². The molecular weight excluding hydrogens is 180 g/mol. The minimum atomic E-state index is -2.44. The quantitative estimate of drug-likeness (QED) is 0.599. The third-order valence-corrected chi connectivity index (χ3v) is 1.47. The fourth-order valence-electron chi connectivity index (χ4n) is 0.824. The molecule has 0 rings (SSSR count). The van der Waals surface area contributed by atoms with E-state index in [1.807, 2.05) is 6.92 Å². The molecule has 0 aromatic carbocycles. The Kier molecular flexibility index (Phi) is 8.18. The van der Waals surface area contributed by atoms with Gasteiger partial charge in [-0.2, -0.15) is 0 Å². The number of aliphatic hydroxyl groups excluding tert-OH is 1. The van der Waals surface area contributed by atoms with Crippen LogP contribution in [0.3, 0.4) is 0 Å². The average molecular weight is 197 g/mol. The molecule has 0 spiro atoms. The second-order valence-corrected chi connectivity index (χ2v) is 2.76. The van der Waals surface area contributed by atoms with Crippen molar-refractivity contribution in [2.75, 3.05) is 26.4 Å². The van der Waals surface area contributed by atoms with Gasteiger partial charge in [0.2, 0.25) is 0 Å². The van der Waals surface area contributed by atoms with Crippen molar-refractivity contribution in [2.24, 2.45) is 0 Å². The molecule has 2 N–H and O–H groups in total. The van der Waals surface area contributed by atoms with E-state index in [4.69, 9.17) is 5.11 Å². The van der Waals surface area contributed by atoms with Gasteiger partial charge in [0.15, 0.2) is 0 Å². The van der Waals surface area contributed by atoms with Crippen LogP contribution in [0.25, 0.3) is 0 Å². The van der Waals surface area contributed by atoms with Gasteiger partial charge in [0.1, 0.15) is 6.61 Å². The molecule has 0 aliphatic rings. The molecule has 0 heterocycles. The highest BCUT2D eigenvalue weighted by atomic mass is 19.3. The van der Waals surface area contributed by atoms with E-state index in [9.17, 15) is 8.78 Å². The molecular formula is C8H17F2NO2. The highest BCUT2D eigenvalue weighted by Gasteiger charge is 2.08. The number of hydrogen-bond donors (Lipinski definition) is 2. The summed E-state index contributed by atoms with van der Waals surface area (Å²) in [7, 11) is 0. The van der Waals surface area contributed by atoms with Crippen LogP contribution in [0.2, 0.25) is 0 Å². The predicted molar refractivity (Wildman–Crippen MR) is 46.0 cm³/mol. The fourth-order valence-corrected chi connectivity index (χ4v) is 0.824. The molecule has 0 bridgehead atoms. The van der Waals surface area contributed by atoms with Crippen molar-refractivity contribution < 1.29 is 18.6 Å². The van der Waals surface area contributed by atoms with E-state index in [1.54, 1.807) is 0 Å². The molecule has 0 aromatic rings. The zero-order valence-corrected chi connectivity index (χ0v) is 7.80. The van der Waals surface area contributed by atoms with E-state index in [-0.39, 0.29) is 19.3 Å². The molecule has 0 radical (unpaired) electrons. The molecule has 13 heavy (non-hydrogen) atoms. The van der Waals surface area contributed by atoms with Crippen molar-refractivity contribution in [3.8, 4) is 0 Å². The zero-order chi connectivity index (χ0) is 10.1. The molecule has 5 heteroatoms. The van der Waals surface area contributed by atoms with Crippen molar-refractivity contribution in [2.45, 2.75) is 25.8 Å². The van der Waals surface area contributed by atoms with Crippen LogP contribution in [0.1, 0.15) is 13.3 Å². The second-order valence-electron chi connectivity index (χ2n) is 2.76. The summed E-state index contributed by atoms with van der Waals surface area (Å²) in [5.41, 5.74) is 0. The largest absolute Gasteiger partial charge is 0.395 e. The molecule has 0 saturated heterocycles. The van der Waals surface area contributed by atoms with E-state index in [0.717, 1.165) is 13.0 Å². The van der Waals surface area contributed by atoms with E-state index >= 15 is 0 Å². The average Bonchev–Trinajstić information content (AvgIpc) is 2.10. The number of halogens is 2. The summed E-state index contributed by atoms with van der Waals surface area (Å²) in [6, 6.07) is -0.237. The maximum atomic E-state index is 11.6. The van der Waals surface area contributed by atoms with Gasteiger partial charge >= 0.3 is 0 Å². The highest BCUT2D eigenvalue weighted by Crippen LogP contribution is 1.94. The van der Waals surface area contributed by atoms with Crippen LogP contribution in [0, 0.1) is 0 Å². The first kappa shape index (κ1) is 12.7. The van der Waals surface area contributed by atoms with Crippen LogP contribution in [0.5, 0.6) is 0 Å². The first-order valence-electron chi connectivity index (χ1n) is 4.40. The third-order valence-electron chi connectivity index (χ3n) is 1.47. The van der Waals surface area contributed by atoms with Crippen molar-refractivity contribution in [3.05, 3.63) is 0 Å². The van der Waals surface area contributed by atoms with Gasteiger partial charge in [0, 0.05) is 0 Å². The lowest BCUT2D eigenvalue weighted by molar-refractivity contribution is 0.00365. The topological polar surface area (TPSA) is 41.5 Å². The Labute approximate surface area is 77.1 Å². The normalized spacial score (nSPS) is 13.6. The van der Waals surface area contributed by atoms with Crippen LogP contribution in [-0.2, 0) is 4.74 Å². The Morgan fingerprint density at radius 2 is 2.08 bits per heavy atom. The molecule has 80 valence electrons. The molecule has 0 fully saturated rings. The number of aliphatic hydroxyl groups is 1. The summed E-state index contributed by atoms with van der Waals surface area (Å²) in [6.07, 6.45) is -1.50. The third kappa shape index (κ3) is 8.08. The summed E-state index contributed by atoms with van der Waals surface area (Å²) in [6.45, 7) is 2.21. The summed E-state index contributed by atoms with van der Waals surface area (Å²) in [5, 5.41) is 11.8. The zero-order valence-electron chi connectivity index (χ0n) is 7.80. The fraction of sp³-hybridized carbons (Fsp3) is 1.00. The first-order valence-corrected chi connectivity index (χ1v) is 4.40. The Bertz CT molecular complexity index is 114. The number of hydrogen-bond acceptors (Lipinski definition) is 3. The van der Waals surface area contributed by atoms with Crippen molar-refractivity contribution in [3.63, 3.8) is 0 Å². The van der Waals surface area contributed by atoms with E-state index in [1.165, 1.54) is 0 Å². The van der Waals surface area contributed by atoms with E-state index < -0.39 is 13.0 Å². The minimum absolute atomic E-state index is 0.0940. The lowest BCUT2D eigenvalue weighted by atomic mass is 10.3. The first-order chi connectivity index (χ1) is 6.20. The van der Waals surface area contributed by atoms with Crippen molar-refractivity contribution in [1.82, 2.24) is 5.32 Å². The van der Waals surface area contributed by atoms with Gasteiger partial charge in [-0.25, -0.2) is 8.78 Å². The number of ether oxygens (including phenoxy) is 1. The Morgan fingerprint density at radius 3 is 2.54 bits per heavy atom. The van der Waals surface area contributed by atoms with Crippen LogP contribution < -0.4 is 5.32 Å². The summed E-state index contributed by atoms with van der Waals surface area (Å²) in [5.74, 6) is 0. The standard InChI is InChI=1S/C8H17F2NO2/c1-2-3-11-7(4-12)5-13-6-8(9)10/h7-8,11-12H,2-6H2,1H3. The van der Waals surface area contributed by atoms with Gasteiger partial charge in [0.05, 0.1) is 19.3 Å². The maximum absolute atomic E-state index is 11.6. The monoisotopic (exact) mass is 197 g/mol. The molecule has 0 aliphatic carbocycles. The van der Waals surface area contributed by atoms with Crippen molar-refractivity contribution >= 4 is 0 Å². The van der Waals surface area contributed by atoms with Gasteiger partial charge in [0.25, 0.3) is 6.43 Å². The van der Waals surface area contributed by atoms with E-state index in [0.29, 0.717) is 0 Å². The molecule has 1 unspecified atom stereocenters. The van der Waals surface area contributed by atoms with Gasteiger partial charge in [-0.3, -0.25) is 0 Å². The van der Waals surface area contributed by atoms with Gasteiger partial charge in [-0.05, 0) is 13.0 Å². The lowest BCUT2D eigenvalue weighted by Crippen LogP contribution is -2.37. The molecule has 3 nitrogen and oxygen atoms in total. The lowest BCUT2D eigenvalue weighted by Gasteiger charge is -2.15. The maximum Gasteiger partial charge on any atom is 0.261 e. The summed E-state index contributed by atoms with van der Waals surface area (Å²) in [4.78, 5) is 0. The molecule has 0 aromatic heterocycles. The Balaban J connectivity index is 3.36. The predicted octanol–water partition coefficient (Wildman–Crippen LogP) is 0.629. The molecule has 0 amide bonds. The van der Waals surface area contributed by atoms with E-state index in [2.05, 4.69) is 10.1 Å². The molecule has 1 atom stereocenters. The molecule has 0 saturated carbocycles. The summed E-state index contributed by atoms with van der Waals surface area (Å²) < 4.78 is 27.9. The van der Waals surface area contributed by atoms with Gasteiger partial charge in [-0.1, -0.05) is 6.92 Å². The Morgan fingerprint density at radius 1 is 1.38 bits per heavy atom. The SMILES string of the molecule is CCCNC(CO)COCC(F)F. The van der Waals surface area contributed by atoms with Crippen LogP contribution in [-0.4, -0.2) is 43.9 Å². The second kappa shape index (κ2) is 8.34. The smallest absolute Gasteiger partial charge is 0.261 e. The van der Waals surface area contributed by atoms with Gasteiger partial charge < -0.3 is 15.2 Å². The van der Waals surface area contributed by atoms with Crippen LogP contribution in [0.4, 0.5) is 8.78 Å². The van der Waals surface area contributed by atoms with Crippen molar-refractivity contribution in [1.29, 1.82) is 0 Å². The van der Waals surface area contributed by atoms with Gasteiger partial charge in [-0.15, -0.1) is 0 Å². The highest BCUT2D eigenvalue weighted by molar-refractivity contribution is 4.63.